The third kappa shape index (κ3) is 3.86. The summed E-state index contributed by atoms with van der Waals surface area (Å²) < 4.78 is 11.6. The molecule has 6 nitrogen and oxygen atoms in total. The molecule has 1 fully saturated rings. The molecule has 1 heterocycles. The number of nitrogens with zero attached hydrogens (tertiary/aromatic N) is 1. The minimum absolute atomic E-state index is 0.00908. The lowest BCUT2D eigenvalue weighted by atomic mass is 10.1. The van der Waals surface area contributed by atoms with Gasteiger partial charge in [-0.1, -0.05) is 17.7 Å². The predicted octanol–water partition coefficient (Wildman–Crippen LogP) is 4.28. The molecule has 146 valence electrons. The first-order valence-electron chi connectivity index (χ1n) is 8.49. The van der Waals surface area contributed by atoms with E-state index in [1.807, 2.05) is 13.8 Å². The second-order valence-electron chi connectivity index (χ2n) is 6.04. The molecule has 0 radical (unpaired) electrons. The molecule has 0 atom stereocenters. The van der Waals surface area contributed by atoms with Crippen LogP contribution in [0, 0.1) is 6.92 Å². The van der Waals surface area contributed by atoms with Gasteiger partial charge in [0.15, 0.2) is 11.5 Å². The highest BCUT2D eigenvalue weighted by molar-refractivity contribution is 9.10. The van der Waals surface area contributed by atoms with E-state index in [4.69, 9.17) is 21.1 Å². The Morgan fingerprint density at radius 2 is 2.00 bits per heavy atom. The Morgan fingerprint density at radius 3 is 2.64 bits per heavy atom. The Kier molecular flexibility index (Phi) is 5.96. The number of ether oxygens (including phenoxy) is 2. The van der Waals surface area contributed by atoms with Crippen LogP contribution >= 0.6 is 27.5 Å². The van der Waals surface area contributed by atoms with Gasteiger partial charge in [-0.25, -0.2) is 5.01 Å². The van der Waals surface area contributed by atoms with E-state index < -0.39 is 11.8 Å². The molecular formula is C20H18BrClN2O4. The van der Waals surface area contributed by atoms with E-state index in [-0.39, 0.29) is 5.57 Å². The van der Waals surface area contributed by atoms with Crippen molar-refractivity contribution in [3.8, 4) is 11.5 Å². The monoisotopic (exact) mass is 464 g/mol. The zero-order valence-electron chi connectivity index (χ0n) is 15.5. The molecule has 0 unspecified atom stereocenters. The molecular weight excluding hydrogens is 448 g/mol. The number of hydrazine groups is 1. The summed E-state index contributed by atoms with van der Waals surface area (Å²) in [5.41, 5.74) is 4.56. The quantitative estimate of drug-likeness (QED) is 0.529. The molecule has 1 saturated heterocycles. The molecule has 0 saturated carbocycles. The maximum atomic E-state index is 12.8. The predicted molar refractivity (Wildman–Crippen MR) is 112 cm³/mol. The highest BCUT2D eigenvalue weighted by Crippen LogP contribution is 2.37. The van der Waals surface area contributed by atoms with Crippen molar-refractivity contribution in [2.45, 2.75) is 13.8 Å². The van der Waals surface area contributed by atoms with Gasteiger partial charge in [-0.05, 0) is 71.2 Å². The number of hydrogen-bond acceptors (Lipinski definition) is 4. The molecule has 1 N–H and O–H groups in total. The fourth-order valence-corrected chi connectivity index (χ4v) is 3.48. The van der Waals surface area contributed by atoms with Gasteiger partial charge >= 0.3 is 0 Å². The lowest BCUT2D eigenvalue weighted by Crippen LogP contribution is -2.35. The van der Waals surface area contributed by atoms with E-state index >= 15 is 0 Å². The topological polar surface area (TPSA) is 67.9 Å². The van der Waals surface area contributed by atoms with Gasteiger partial charge in [-0.3, -0.25) is 15.0 Å². The van der Waals surface area contributed by atoms with Crippen molar-refractivity contribution in [1.29, 1.82) is 0 Å². The molecule has 8 heteroatoms. The Balaban J connectivity index is 1.96. The minimum Gasteiger partial charge on any atom is -0.493 e. The summed E-state index contributed by atoms with van der Waals surface area (Å²) in [4.78, 5) is 25.2. The minimum atomic E-state index is -0.495. The number of carbonyl (C=O) groups is 2. The van der Waals surface area contributed by atoms with Crippen LogP contribution in [0.3, 0.4) is 0 Å². The Labute approximate surface area is 176 Å². The normalized spacial score (nSPS) is 15.2. The van der Waals surface area contributed by atoms with E-state index in [0.29, 0.717) is 38.9 Å². The third-order valence-corrected chi connectivity index (χ3v) is 5.15. The fraction of sp³-hybridized carbons (Fsp3) is 0.200. The van der Waals surface area contributed by atoms with Gasteiger partial charge in [0, 0.05) is 5.02 Å². The summed E-state index contributed by atoms with van der Waals surface area (Å²) in [5.74, 6) is 0.0981. The number of rotatable bonds is 5. The molecule has 2 amide bonds. The molecule has 2 aromatic rings. The van der Waals surface area contributed by atoms with Crippen LogP contribution in [0.2, 0.25) is 5.02 Å². The number of amides is 2. The van der Waals surface area contributed by atoms with Crippen molar-refractivity contribution >= 4 is 51.1 Å². The Morgan fingerprint density at radius 1 is 1.25 bits per heavy atom. The van der Waals surface area contributed by atoms with E-state index in [1.54, 1.807) is 30.3 Å². The van der Waals surface area contributed by atoms with E-state index in [9.17, 15) is 9.59 Å². The lowest BCUT2D eigenvalue weighted by molar-refractivity contribution is -0.117. The lowest BCUT2D eigenvalue weighted by Gasteiger charge is -2.15. The summed E-state index contributed by atoms with van der Waals surface area (Å²) in [7, 11) is 1.53. The van der Waals surface area contributed by atoms with Crippen molar-refractivity contribution in [2.24, 2.45) is 0 Å². The van der Waals surface area contributed by atoms with Crippen LogP contribution in [-0.2, 0) is 9.59 Å². The standard InChI is InChI=1S/C20H18BrClN2O4/c1-4-28-18-15(21)8-12(9-17(18)27-3)7-14-19(25)23-24(20(14)26)13-6-5-11(2)16(22)10-13/h5-10H,4H2,1-3H3,(H,23,25)/b14-7-. The average Bonchev–Trinajstić information content (AvgIpc) is 2.94. The second-order valence-corrected chi connectivity index (χ2v) is 7.30. The van der Waals surface area contributed by atoms with E-state index in [1.165, 1.54) is 18.2 Å². The first-order valence-corrected chi connectivity index (χ1v) is 9.66. The van der Waals surface area contributed by atoms with Gasteiger partial charge in [-0.15, -0.1) is 0 Å². The Hall–Kier alpha value is -2.51. The third-order valence-electron chi connectivity index (χ3n) is 4.16. The molecule has 28 heavy (non-hydrogen) atoms. The molecule has 1 aliphatic heterocycles. The maximum absolute atomic E-state index is 12.8. The number of carbonyl (C=O) groups excluding carboxylic acids is 2. The number of nitrogens with one attached hydrogen (secondary N) is 1. The molecule has 0 spiro atoms. The number of aryl methyl sites for hydroxylation is 1. The number of anilines is 1. The summed E-state index contributed by atoms with van der Waals surface area (Å²) in [6.07, 6.45) is 1.51. The van der Waals surface area contributed by atoms with Gasteiger partial charge < -0.3 is 9.47 Å². The van der Waals surface area contributed by atoms with Crippen molar-refractivity contribution < 1.29 is 19.1 Å². The van der Waals surface area contributed by atoms with Crippen LogP contribution in [-0.4, -0.2) is 25.5 Å². The van der Waals surface area contributed by atoms with Gasteiger partial charge in [0.25, 0.3) is 11.8 Å². The van der Waals surface area contributed by atoms with Crippen molar-refractivity contribution in [3.63, 3.8) is 0 Å². The number of benzene rings is 2. The zero-order chi connectivity index (χ0) is 20.4. The summed E-state index contributed by atoms with van der Waals surface area (Å²) in [5, 5.41) is 1.69. The summed E-state index contributed by atoms with van der Waals surface area (Å²) in [6, 6.07) is 8.60. The number of hydrogen-bond donors (Lipinski definition) is 1. The van der Waals surface area contributed by atoms with Gasteiger partial charge in [0.05, 0.1) is 23.9 Å². The van der Waals surface area contributed by atoms with Crippen LogP contribution in [0.25, 0.3) is 6.08 Å². The van der Waals surface area contributed by atoms with Crippen LogP contribution in [0.5, 0.6) is 11.5 Å². The highest BCUT2D eigenvalue weighted by Gasteiger charge is 2.34. The SMILES string of the molecule is CCOc1c(Br)cc(/C=C2/C(=O)NN(c3ccc(C)c(Cl)c3)C2=O)cc1OC. The van der Waals surface area contributed by atoms with Crippen molar-refractivity contribution in [1.82, 2.24) is 5.43 Å². The summed E-state index contributed by atoms with van der Waals surface area (Å²) in [6.45, 7) is 4.21. The van der Waals surface area contributed by atoms with Crippen LogP contribution in [0.4, 0.5) is 5.69 Å². The fourth-order valence-electron chi connectivity index (χ4n) is 2.73. The van der Waals surface area contributed by atoms with Crippen LogP contribution in [0.15, 0.2) is 40.4 Å². The number of methoxy groups -OCH3 is 1. The van der Waals surface area contributed by atoms with Crippen molar-refractivity contribution in [2.75, 3.05) is 18.7 Å². The molecule has 0 aliphatic carbocycles. The van der Waals surface area contributed by atoms with E-state index in [0.717, 1.165) is 5.56 Å². The number of halogens is 2. The molecule has 1 aliphatic rings. The highest BCUT2D eigenvalue weighted by atomic mass is 79.9. The average molecular weight is 466 g/mol. The second kappa shape index (κ2) is 8.24. The van der Waals surface area contributed by atoms with Gasteiger partial charge in [0.2, 0.25) is 0 Å². The molecule has 2 aromatic carbocycles. The van der Waals surface area contributed by atoms with Gasteiger partial charge in [0.1, 0.15) is 5.57 Å². The first kappa shape index (κ1) is 20.2. The Bertz CT molecular complexity index is 990. The van der Waals surface area contributed by atoms with Crippen molar-refractivity contribution in [3.05, 3.63) is 56.5 Å². The smallest absolute Gasteiger partial charge is 0.282 e. The first-order chi connectivity index (χ1) is 13.3. The molecule has 3 rings (SSSR count). The molecule has 0 bridgehead atoms. The van der Waals surface area contributed by atoms with E-state index in [2.05, 4.69) is 21.4 Å². The van der Waals surface area contributed by atoms with Crippen LogP contribution < -0.4 is 19.9 Å². The maximum Gasteiger partial charge on any atom is 0.282 e. The van der Waals surface area contributed by atoms with Gasteiger partial charge in [-0.2, -0.15) is 0 Å². The zero-order valence-corrected chi connectivity index (χ0v) is 17.8. The largest absolute Gasteiger partial charge is 0.493 e. The van der Waals surface area contributed by atoms with Crippen LogP contribution in [0.1, 0.15) is 18.1 Å². The summed E-state index contributed by atoms with van der Waals surface area (Å²) >= 11 is 9.58. The molecule has 0 aromatic heterocycles.